The molecule has 0 saturated carbocycles. The van der Waals surface area contributed by atoms with Gasteiger partial charge in [0.2, 0.25) is 0 Å². The van der Waals surface area contributed by atoms with Crippen LogP contribution in [-0.4, -0.2) is 30.4 Å². The standard InChI is InChI=1S/C15H16O6/c1-10(15(18)19)4-3-5-14(17)21-13-7-6-12(20-2)8-11(13)9-16/h6-9H,1,3-5H2,2H3,(H,18,19). The minimum absolute atomic E-state index is 0.0383. The zero-order chi connectivity index (χ0) is 15.8. The summed E-state index contributed by atoms with van der Waals surface area (Å²) in [6.07, 6.45) is 1.12. The van der Waals surface area contributed by atoms with Crippen molar-refractivity contribution < 1.29 is 29.0 Å². The van der Waals surface area contributed by atoms with Gasteiger partial charge in [-0.3, -0.25) is 9.59 Å². The number of benzene rings is 1. The number of carboxylic acids is 1. The average Bonchev–Trinajstić information content (AvgIpc) is 2.47. The molecule has 0 fully saturated rings. The summed E-state index contributed by atoms with van der Waals surface area (Å²) in [7, 11) is 1.46. The molecule has 0 bridgehead atoms. The first kappa shape index (κ1) is 16.4. The molecule has 1 aromatic carbocycles. The highest BCUT2D eigenvalue weighted by molar-refractivity contribution is 5.86. The van der Waals surface area contributed by atoms with Crippen molar-refractivity contribution in [2.45, 2.75) is 19.3 Å². The lowest BCUT2D eigenvalue weighted by Gasteiger charge is -2.08. The van der Waals surface area contributed by atoms with Crippen molar-refractivity contribution in [3.8, 4) is 11.5 Å². The van der Waals surface area contributed by atoms with Gasteiger partial charge in [0, 0.05) is 12.0 Å². The van der Waals surface area contributed by atoms with E-state index in [4.69, 9.17) is 14.6 Å². The summed E-state index contributed by atoms with van der Waals surface area (Å²) in [6, 6.07) is 4.50. The van der Waals surface area contributed by atoms with Gasteiger partial charge in [0.1, 0.15) is 11.5 Å². The van der Waals surface area contributed by atoms with Crippen molar-refractivity contribution in [1.82, 2.24) is 0 Å². The molecule has 0 aliphatic heterocycles. The molecule has 1 N–H and O–H groups in total. The number of hydrogen-bond donors (Lipinski definition) is 1. The van der Waals surface area contributed by atoms with E-state index in [-0.39, 0.29) is 29.7 Å². The van der Waals surface area contributed by atoms with Gasteiger partial charge in [-0.25, -0.2) is 4.79 Å². The van der Waals surface area contributed by atoms with Crippen LogP contribution in [0.3, 0.4) is 0 Å². The first-order chi connectivity index (χ1) is 9.97. The number of methoxy groups -OCH3 is 1. The zero-order valence-electron chi connectivity index (χ0n) is 11.6. The van der Waals surface area contributed by atoms with Crippen LogP contribution in [0.25, 0.3) is 0 Å². The second-order valence-corrected chi connectivity index (χ2v) is 4.26. The van der Waals surface area contributed by atoms with Gasteiger partial charge in [-0.1, -0.05) is 6.58 Å². The van der Waals surface area contributed by atoms with E-state index in [9.17, 15) is 14.4 Å². The van der Waals surface area contributed by atoms with E-state index in [0.717, 1.165) is 0 Å². The fraction of sp³-hybridized carbons (Fsp3) is 0.267. The van der Waals surface area contributed by atoms with Gasteiger partial charge < -0.3 is 14.6 Å². The molecule has 0 atom stereocenters. The highest BCUT2D eigenvalue weighted by Gasteiger charge is 2.11. The van der Waals surface area contributed by atoms with Crippen molar-refractivity contribution in [3.05, 3.63) is 35.9 Å². The van der Waals surface area contributed by atoms with Crippen LogP contribution in [0.4, 0.5) is 0 Å². The van der Waals surface area contributed by atoms with E-state index in [1.807, 2.05) is 0 Å². The summed E-state index contributed by atoms with van der Waals surface area (Å²) in [5.74, 6) is -0.995. The topological polar surface area (TPSA) is 89.9 Å². The van der Waals surface area contributed by atoms with Crippen LogP contribution in [-0.2, 0) is 9.59 Å². The Morgan fingerprint density at radius 3 is 2.62 bits per heavy atom. The van der Waals surface area contributed by atoms with Gasteiger partial charge in [-0.05, 0) is 31.0 Å². The molecule has 0 aliphatic rings. The van der Waals surface area contributed by atoms with Crippen LogP contribution in [0, 0.1) is 0 Å². The Morgan fingerprint density at radius 1 is 1.33 bits per heavy atom. The second-order valence-electron chi connectivity index (χ2n) is 4.26. The molecule has 0 radical (unpaired) electrons. The Balaban J connectivity index is 2.57. The quantitative estimate of drug-likeness (QED) is 0.342. The Labute approximate surface area is 122 Å². The monoisotopic (exact) mass is 292 g/mol. The number of carboxylic acid groups (broad SMARTS) is 1. The zero-order valence-corrected chi connectivity index (χ0v) is 11.6. The maximum absolute atomic E-state index is 11.6. The lowest BCUT2D eigenvalue weighted by Crippen LogP contribution is -2.10. The fourth-order valence-electron chi connectivity index (χ4n) is 1.57. The van der Waals surface area contributed by atoms with Crippen LogP contribution < -0.4 is 9.47 Å². The van der Waals surface area contributed by atoms with E-state index in [0.29, 0.717) is 18.5 Å². The number of esters is 1. The van der Waals surface area contributed by atoms with E-state index >= 15 is 0 Å². The van der Waals surface area contributed by atoms with Crippen molar-refractivity contribution >= 4 is 18.2 Å². The summed E-state index contributed by atoms with van der Waals surface area (Å²) in [6.45, 7) is 3.37. The van der Waals surface area contributed by atoms with E-state index in [2.05, 4.69) is 6.58 Å². The molecule has 1 aromatic rings. The minimum atomic E-state index is -1.08. The molecule has 0 unspecified atom stereocenters. The summed E-state index contributed by atoms with van der Waals surface area (Å²) < 4.78 is 10.0. The summed E-state index contributed by atoms with van der Waals surface area (Å²) in [5.41, 5.74) is 0.249. The maximum atomic E-state index is 11.6. The van der Waals surface area contributed by atoms with Crippen molar-refractivity contribution in [2.24, 2.45) is 0 Å². The molecule has 0 spiro atoms. The third kappa shape index (κ3) is 5.10. The number of hydrogen-bond acceptors (Lipinski definition) is 5. The molecule has 21 heavy (non-hydrogen) atoms. The van der Waals surface area contributed by atoms with Gasteiger partial charge in [0.25, 0.3) is 0 Å². The first-order valence-electron chi connectivity index (χ1n) is 6.23. The molecule has 0 saturated heterocycles. The Kier molecular flexibility index (Phi) is 6.13. The Hall–Kier alpha value is -2.63. The molecule has 0 heterocycles. The van der Waals surface area contributed by atoms with Crippen LogP contribution in [0.15, 0.2) is 30.4 Å². The fourth-order valence-corrected chi connectivity index (χ4v) is 1.57. The predicted octanol–water partition coefficient (Wildman–Crippen LogP) is 2.22. The van der Waals surface area contributed by atoms with Crippen molar-refractivity contribution in [3.63, 3.8) is 0 Å². The summed E-state index contributed by atoms with van der Waals surface area (Å²) in [4.78, 5) is 33.1. The SMILES string of the molecule is C=C(CCCC(=O)Oc1ccc(OC)cc1C=O)C(=O)O. The van der Waals surface area contributed by atoms with Gasteiger partial charge >= 0.3 is 11.9 Å². The van der Waals surface area contributed by atoms with Gasteiger partial charge in [-0.2, -0.15) is 0 Å². The molecular formula is C15H16O6. The highest BCUT2D eigenvalue weighted by atomic mass is 16.5. The molecule has 1 rings (SSSR count). The summed E-state index contributed by atoms with van der Waals surface area (Å²) in [5, 5.41) is 8.63. The lowest BCUT2D eigenvalue weighted by molar-refractivity contribution is -0.135. The van der Waals surface area contributed by atoms with E-state index in [1.165, 1.54) is 19.2 Å². The Bertz CT molecular complexity index is 561. The first-order valence-corrected chi connectivity index (χ1v) is 6.23. The van der Waals surface area contributed by atoms with Crippen LogP contribution in [0.5, 0.6) is 11.5 Å². The smallest absolute Gasteiger partial charge is 0.330 e. The predicted molar refractivity (Wildman–Crippen MR) is 74.6 cm³/mol. The molecule has 0 aromatic heterocycles. The minimum Gasteiger partial charge on any atom is -0.497 e. The largest absolute Gasteiger partial charge is 0.497 e. The van der Waals surface area contributed by atoms with Crippen molar-refractivity contribution in [2.75, 3.05) is 7.11 Å². The maximum Gasteiger partial charge on any atom is 0.330 e. The number of ether oxygens (including phenoxy) is 2. The number of aliphatic carboxylic acids is 1. The second kappa shape index (κ2) is 7.84. The van der Waals surface area contributed by atoms with Crippen LogP contribution in [0.1, 0.15) is 29.6 Å². The van der Waals surface area contributed by atoms with Crippen LogP contribution in [0.2, 0.25) is 0 Å². The van der Waals surface area contributed by atoms with Gasteiger partial charge in [0.05, 0.1) is 12.7 Å². The lowest BCUT2D eigenvalue weighted by atomic mass is 10.1. The van der Waals surface area contributed by atoms with E-state index < -0.39 is 11.9 Å². The highest BCUT2D eigenvalue weighted by Crippen LogP contribution is 2.23. The summed E-state index contributed by atoms with van der Waals surface area (Å²) >= 11 is 0. The number of carbonyl (C=O) groups excluding carboxylic acids is 2. The van der Waals surface area contributed by atoms with E-state index in [1.54, 1.807) is 6.07 Å². The molecule has 6 heteroatoms. The van der Waals surface area contributed by atoms with Gasteiger partial charge in [0.15, 0.2) is 6.29 Å². The Morgan fingerprint density at radius 2 is 2.05 bits per heavy atom. The van der Waals surface area contributed by atoms with Crippen molar-refractivity contribution in [1.29, 1.82) is 0 Å². The molecule has 6 nitrogen and oxygen atoms in total. The normalized spacial score (nSPS) is 9.76. The molecular weight excluding hydrogens is 276 g/mol. The molecule has 0 amide bonds. The molecule has 112 valence electrons. The third-order valence-corrected chi connectivity index (χ3v) is 2.73. The van der Waals surface area contributed by atoms with Gasteiger partial charge in [-0.15, -0.1) is 0 Å². The van der Waals surface area contributed by atoms with Crippen LogP contribution >= 0.6 is 0 Å². The average molecular weight is 292 g/mol. The number of rotatable bonds is 8. The third-order valence-electron chi connectivity index (χ3n) is 2.73. The number of aldehydes is 1. The molecule has 0 aliphatic carbocycles. The number of carbonyl (C=O) groups is 3.